The van der Waals surface area contributed by atoms with Crippen LogP contribution in [0.5, 0.6) is 0 Å². The summed E-state index contributed by atoms with van der Waals surface area (Å²) in [7, 11) is 0. The molecule has 86 valence electrons. The van der Waals surface area contributed by atoms with Crippen LogP contribution in [0.4, 0.5) is 0 Å². The molecule has 15 heavy (non-hydrogen) atoms. The third-order valence-electron chi connectivity index (χ3n) is 3.60. The van der Waals surface area contributed by atoms with Crippen molar-refractivity contribution in [2.24, 2.45) is 0 Å². The van der Waals surface area contributed by atoms with Crippen molar-refractivity contribution in [3.63, 3.8) is 0 Å². The molecule has 2 fully saturated rings. The first-order valence-corrected chi connectivity index (χ1v) is 6.35. The van der Waals surface area contributed by atoms with Gasteiger partial charge in [0.25, 0.3) is 0 Å². The summed E-state index contributed by atoms with van der Waals surface area (Å²) in [5, 5.41) is 0. The van der Waals surface area contributed by atoms with E-state index in [1.807, 2.05) is 0 Å². The van der Waals surface area contributed by atoms with E-state index in [9.17, 15) is 0 Å². The van der Waals surface area contributed by atoms with Crippen molar-refractivity contribution in [2.75, 3.05) is 26.2 Å². The van der Waals surface area contributed by atoms with E-state index in [0.29, 0.717) is 6.10 Å². The first-order chi connectivity index (χ1) is 7.34. The van der Waals surface area contributed by atoms with E-state index < -0.39 is 0 Å². The number of allylic oxidation sites excluding steroid dienone is 1. The van der Waals surface area contributed by atoms with Gasteiger partial charge >= 0.3 is 0 Å². The third-order valence-corrected chi connectivity index (χ3v) is 3.60. The summed E-state index contributed by atoms with van der Waals surface area (Å²) in [6.45, 7) is 8.66. The standard InChI is InChI=1S/C13H23NO/c1-12-4-6-13(7-5-12)15-11-10-14-8-2-3-9-14/h13H,1-11H2. The zero-order valence-electron chi connectivity index (χ0n) is 9.71. The Morgan fingerprint density at radius 1 is 1.20 bits per heavy atom. The summed E-state index contributed by atoms with van der Waals surface area (Å²) in [6, 6.07) is 0. The lowest BCUT2D eigenvalue weighted by Gasteiger charge is -2.24. The highest BCUT2D eigenvalue weighted by Gasteiger charge is 2.16. The lowest BCUT2D eigenvalue weighted by atomic mass is 9.94. The Bertz CT molecular complexity index is 199. The molecule has 0 aromatic heterocycles. The minimum atomic E-state index is 0.512. The molecule has 1 saturated carbocycles. The van der Waals surface area contributed by atoms with Gasteiger partial charge in [-0.3, -0.25) is 0 Å². The summed E-state index contributed by atoms with van der Waals surface area (Å²) < 4.78 is 5.91. The molecule has 0 aromatic rings. The lowest BCUT2D eigenvalue weighted by molar-refractivity contribution is 0.0252. The Kier molecular flexibility index (Phi) is 4.21. The van der Waals surface area contributed by atoms with Crippen LogP contribution in [0.15, 0.2) is 12.2 Å². The SMILES string of the molecule is C=C1CCC(OCCN2CCCC2)CC1. The summed E-state index contributed by atoms with van der Waals surface area (Å²) in [5.41, 5.74) is 1.41. The Morgan fingerprint density at radius 3 is 2.53 bits per heavy atom. The van der Waals surface area contributed by atoms with Crippen molar-refractivity contribution in [1.82, 2.24) is 4.90 Å². The van der Waals surface area contributed by atoms with Crippen LogP contribution in [0.1, 0.15) is 38.5 Å². The van der Waals surface area contributed by atoms with Crippen molar-refractivity contribution < 1.29 is 4.74 Å². The van der Waals surface area contributed by atoms with Gasteiger partial charge in [0.2, 0.25) is 0 Å². The Balaban J connectivity index is 1.55. The number of hydrogen-bond donors (Lipinski definition) is 0. The molecule has 1 aliphatic carbocycles. The van der Waals surface area contributed by atoms with E-state index >= 15 is 0 Å². The maximum absolute atomic E-state index is 5.91. The maximum Gasteiger partial charge on any atom is 0.0597 e. The highest BCUT2D eigenvalue weighted by atomic mass is 16.5. The number of rotatable bonds is 4. The number of hydrogen-bond acceptors (Lipinski definition) is 2. The van der Waals surface area contributed by atoms with Crippen molar-refractivity contribution >= 4 is 0 Å². The third kappa shape index (κ3) is 3.62. The molecule has 0 atom stereocenters. The molecule has 2 rings (SSSR count). The van der Waals surface area contributed by atoms with Crippen LogP contribution in [0, 0.1) is 0 Å². The topological polar surface area (TPSA) is 12.5 Å². The fourth-order valence-electron chi connectivity index (χ4n) is 2.52. The van der Waals surface area contributed by atoms with Crippen LogP contribution in [0.3, 0.4) is 0 Å². The number of likely N-dealkylation sites (tertiary alicyclic amines) is 1. The van der Waals surface area contributed by atoms with Crippen molar-refractivity contribution in [1.29, 1.82) is 0 Å². The van der Waals surface area contributed by atoms with Crippen LogP contribution in [0.25, 0.3) is 0 Å². The molecule has 1 heterocycles. The molecule has 2 heteroatoms. The number of nitrogens with zero attached hydrogens (tertiary/aromatic N) is 1. The second-order valence-electron chi connectivity index (χ2n) is 4.87. The van der Waals surface area contributed by atoms with Crippen LogP contribution in [-0.2, 0) is 4.74 Å². The molecule has 0 bridgehead atoms. The molecule has 0 spiro atoms. The zero-order chi connectivity index (χ0) is 10.5. The minimum Gasteiger partial charge on any atom is -0.377 e. The van der Waals surface area contributed by atoms with Gasteiger partial charge in [0.05, 0.1) is 12.7 Å². The van der Waals surface area contributed by atoms with Gasteiger partial charge in [-0.2, -0.15) is 0 Å². The molecule has 0 unspecified atom stereocenters. The van der Waals surface area contributed by atoms with E-state index in [1.165, 1.54) is 57.2 Å². The summed E-state index contributed by atoms with van der Waals surface area (Å²) in [4.78, 5) is 2.52. The summed E-state index contributed by atoms with van der Waals surface area (Å²) in [6.07, 6.45) is 8.01. The van der Waals surface area contributed by atoms with Crippen molar-refractivity contribution in [3.8, 4) is 0 Å². The highest BCUT2D eigenvalue weighted by Crippen LogP contribution is 2.23. The van der Waals surface area contributed by atoms with Gasteiger partial charge < -0.3 is 9.64 Å². The Hall–Kier alpha value is -0.340. The summed E-state index contributed by atoms with van der Waals surface area (Å²) >= 11 is 0. The second-order valence-corrected chi connectivity index (χ2v) is 4.87. The molecule has 0 aromatic carbocycles. The van der Waals surface area contributed by atoms with Gasteiger partial charge in [0.15, 0.2) is 0 Å². The molecular weight excluding hydrogens is 186 g/mol. The normalized spacial score (nSPS) is 24.9. The van der Waals surface area contributed by atoms with E-state index in [-0.39, 0.29) is 0 Å². The first kappa shape index (κ1) is 11.2. The van der Waals surface area contributed by atoms with E-state index in [1.54, 1.807) is 0 Å². The molecule has 0 N–H and O–H groups in total. The van der Waals surface area contributed by atoms with Crippen LogP contribution in [-0.4, -0.2) is 37.2 Å². The number of ether oxygens (including phenoxy) is 1. The molecule has 1 saturated heterocycles. The highest BCUT2D eigenvalue weighted by molar-refractivity contribution is 4.98. The fourth-order valence-corrected chi connectivity index (χ4v) is 2.52. The van der Waals surface area contributed by atoms with Gasteiger partial charge in [0, 0.05) is 6.54 Å². The smallest absolute Gasteiger partial charge is 0.0597 e. The van der Waals surface area contributed by atoms with Gasteiger partial charge in [-0.05, 0) is 51.6 Å². The fraction of sp³-hybridized carbons (Fsp3) is 0.846. The Morgan fingerprint density at radius 2 is 1.87 bits per heavy atom. The molecule has 1 aliphatic heterocycles. The molecule has 2 aliphatic rings. The van der Waals surface area contributed by atoms with Gasteiger partial charge in [-0.25, -0.2) is 0 Å². The largest absolute Gasteiger partial charge is 0.377 e. The van der Waals surface area contributed by atoms with Gasteiger partial charge in [-0.15, -0.1) is 0 Å². The Labute approximate surface area is 93.3 Å². The molecule has 2 nitrogen and oxygen atoms in total. The average molecular weight is 209 g/mol. The van der Waals surface area contributed by atoms with E-state index in [0.717, 1.165) is 13.2 Å². The van der Waals surface area contributed by atoms with Crippen LogP contribution in [0.2, 0.25) is 0 Å². The average Bonchev–Trinajstić information content (AvgIpc) is 2.74. The molecular formula is C13H23NO. The summed E-state index contributed by atoms with van der Waals surface area (Å²) in [5.74, 6) is 0. The van der Waals surface area contributed by atoms with Gasteiger partial charge in [-0.1, -0.05) is 12.2 Å². The predicted octanol–water partition coefficient (Wildman–Crippen LogP) is 2.60. The van der Waals surface area contributed by atoms with Gasteiger partial charge in [0.1, 0.15) is 0 Å². The lowest BCUT2D eigenvalue weighted by Crippen LogP contribution is -2.27. The maximum atomic E-state index is 5.91. The van der Waals surface area contributed by atoms with E-state index in [4.69, 9.17) is 4.74 Å². The second kappa shape index (κ2) is 5.66. The van der Waals surface area contributed by atoms with Crippen molar-refractivity contribution in [3.05, 3.63) is 12.2 Å². The quantitative estimate of drug-likeness (QED) is 0.660. The molecule has 0 amide bonds. The monoisotopic (exact) mass is 209 g/mol. The van der Waals surface area contributed by atoms with E-state index in [2.05, 4.69) is 11.5 Å². The predicted molar refractivity (Wildman–Crippen MR) is 63.0 cm³/mol. The molecule has 0 radical (unpaired) electrons. The van der Waals surface area contributed by atoms with Crippen LogP contribution >= 0.6 is 0 Å². The zero-order valence-corrected chi connectivity index (χ0v) is 9.71. The minimum absolute atomic E-state index is 0.512. The van der Waals surface area contributed by atoms with Crippen molar-refractivity contribution in [2.45, 2.75) is 44.6 Å². The first-order valence-electron chi connectivity index (χ1n) is 6.35. The van der Waals surface area contributed by atoms with Crippen LogP contribution < -0.4 is 0 Å².